The van der Waals surface area contributed by atoms with E-state index < -0.39 is 0 Å². The van der Waals surface area contributed by atoms with Gasteiger partial charge in [0.15, 0.2) is 0 Å². The van der Waals surface area contributed by atoms with Gasteiger partial charge < -0.3 is 19.9 Å². The van der Waals surface area contributed by atoms with Crippen LogP contribution in [0.25, 0.3) is 36.5 Å². The Balaban J connectivity index is 1.04. The first-order valence-electron chi connectivity index (χ1n) is 13.9. The van der Waals surface area contributed by atoms with E-state index in [4.69, 9.17) is 24.4 Å². The van der Waals surface area contributed by atoms with Gasteiger partial charge >= 0.3 is 0 Å². The molecule has 220 valence electrons. The van der Waals surface area contributed by atoms with Crippen LogP contribution in [0.5, 0.6) is 11.5 Å². The predicted molar refractivity (Wildman–Crippen MR) is 168 cm³/mol. The van der Waals surface area contributed by atoms with E-state index >= 15 is 0 Å². The number of nitrogens with one attached hydrogen (secondary N) is 1. The SMILES string of the molecule is COc1cc(OCc2csc(-c3ccc(C(=O)NC4CCC(O)CC4)cc3)n2)c2sc(-c3cn4nc(C)sc4n3)nc2c1. The molecule has 6 aromatic rings. The number of carbonyl (C=O) groups excluding carboxylic acids is 1. The van der Waals surface area contributed by atoms with Gasteiger partial charge in [-0.25, -0.2) is 19.5 Å². The number of amides is 1. The van der Waals surface area contributed by atoms with Gasteiger partial charge in [-0.2, -0.15) is 5.10 Å². The van der Waals surface area contributed by atoms with Gasteiger partial charge in [-0.3, -0.25) is 4.79 Å². The fraction of sp³-hybridized carbons (Fsp3) is 0.300. The van der Waals surface area contributed by atoms with Crippen molar-refractivity contribution in [1.29, 1.82) is 0 Å². The summed E-state index contributed by atoms with van der Waals surface area (Å²) in [6.07, 6.45) is 4.73. The van der Waals surface area contributed by atoms with Crippen molar-refractivity contribution in [1.82, 2.24) is 29.9 Å². The van der Waals surface area contributed by atoms with E-state index in [0.29, 0.717) is 17.1 Å². The molecule has 1 saturated carbocycles. The lowest BCUT2D eigenvalue weighted by atomic mass is 9.93. The van der Waals surface area contributed by atoms with Crippen LogP contribution in [-0.4, -0.2) is 54.8 Å². The first-order chi connectivity index (χ1) is 20.9. The van der Waals surface area contributed by atoms with Crippen molar-refractivity contribution >= 4 is 55.1 Å². The number of aliphatic hydroxyl groups excluding tert-OH is 1. The highest BCUT2D eigenvalue weighted by Crippen LogP contribution is 2.39. The molecular formula is C30H28N6O4S3. The molecule has 1 aliphatic rings. The summed E-state index contributed by atoms with van der Waals surface area (Å²) in [5.41, 5.74) is 3.90. The standard InChI is InChI=1S/C30H28N6O4S3/c1-16-35-36-13-24(34-30(36)42-16)29-33-23-11-22(39-2)12-25(26(23)43-29)40-14-20-15-41-28(32-20)18-5-3-17(4-6-18)27(38)31-19-7-9-21(37)10-8-19/h3-6,11-13,15,19,21,37H,7-10,14H2,1-2H3,(H,31,38). The first kappa shape index (κ1) is 27.9. The minimum atomic E-state index is -0.244. The molecule has 10 nitrogen and oxygen atoms in total. The summed E-state index contributed by atoms with van der Waals surface area (Å²) in [5.74, 6) is 1.24. The number of carbonyl (C=O) groups is 1. The third kappa shape index (κ3) is 5.85. The van der Waals surface area contributed by atoms with E-state index in [0.717, 1.165) is 72.8 Å². The number of fused-ring (bicyclic) bond motifs is 2. The summed E-state index contributed by atoms with van der Waals surface area (Å²) in [4.78, 5) is 27.8. The fourth-order valence-corrected chi connectivity index (χ4v) is 7.63. The molecule has 4 aromatic heterocycles. The van der Waals surface area contributed by atoms with Crippen LogP contribution >= 0.6 is 34.0 Å². The second kappa shape index (κ2) is 11.6. The quantitative estimate of drug-likeness (QED) is 0.206. The topological polar surface area (TPSA) is 124 Å². The summed E-state index contributed by atoms with van der Waals surface area (Å²) in [6, 6.07) is 11.4. The molecule has 13 heteroatoms. The van der Waals surface area contributed by atoms with Crippen molar-refractivity contribution in [3.05, 3.63) is 64.2 Å². The molecule has 0 radical (unpaired) electrons. The average Bonchev–Trinajstić information content (AvgIpc) is 3.80. The second-order valence-electron chi connectivity index (χ2n) is 10.5. The lowest BCUT2D eigenvalue weighted by Crippen LogP contribution is -2.38. The highest BCUT2D eigenvalue weighted by molar-refractivity contribution is 7.22. The van der Waals surface area contributed by atoms with Crippen molar-refractivity contribution in [2.45, 2.75) is 51.4 Å². The van der Waals surface area contributed by atoms with Crippen LogP contribution < -0.4 is 14.8 Å². The summed E-state index contributed by atoms with van der Waals surface area (Å²) in [5, 5.41) is 21.8. The minimum Gasteiger partial charge on any atom is -0.497 e. The second-order valence-corrected chi connectivity index (χ2v) is 13.5. The number of methoxy groups -OCH3 is 1. The summed E-state index contributed by atoms with van der Waals surface area (Å²) >= 11 is 4.59. The molecule has 1 fully saturated rings. The molecule has 43 heavy (non-hydrogen) atoms. The molecule has 0 atom stereocenters. The van der Waals surface area contributed by atoms with Crippen LogP contribution in [-0.2, 0) is 6.61 Å². The number of aromatic nitrogens is 5. The van der Waals surface area contributed by atoms with Gasteiger partial charge in [-0.05, 0) is 44.7 Å². The van der Waals surface area contributed by atoms with Gasteiger partial charge in [0.2, 0.25) is 4.96 Å². The minimum absolute atomic E-state index is 0.0866. The number of nitrogens with zero attached hydrogens (tertiary/aromatic N) is 5. The van der Waals surface area contributed by atoms with Gasteiger partial charge in [0.1, 0.15) is 38.8 Å². The number of benzene rings is 2. The van der Waals surface area contributed by atoms with Gasteiger partial charge in [-0.15, -0.1) is 22.7 Å². The van der Waals surface area contributed by atoms with E-state index in [1.807, 2.05) is 54.9 Å². The third-order valence-corrected chi connectivity index (χ3v) is 10.3. The van der Waals surface area contributed by atoms with Crippen molar-refractivity contribution in [2.75, 3.05) is 7.11 Å². The van der Waals surface area contributed by atoms with Crippen LogP contribution in [0.2, 0.25) is 0 Å². The number of aliphatic hydroxyl groups is 1. The van der Waals surface area contributed by atoms with Crippen molar-refractivity contribution in [3.8, 4) is 32.8 Å². The molecule has 1 aliphatic carbocycles. The predicted octanol–water partition coefficient (Wildman–Crippen LogP) is 6.12. The number of hydrogen-bond acceptors (Lipinski definition) is 11. The summed E-state index contributed by atoms with van der Waals surface area (Å²) in [7, 11) is 1.62. The summed E-state index contributed by atoms with van der Waals surface area (Å²) in [6.45, 7) is 2.24. The van der Waals surface area contributed by atoms with Crippen LogP contribution in [0.15, 0.2) is 48.0 Å². The molecule has 4 heterocycles. The summed E-state index contributed by atoms with van der Waals surface area (Å²) < 4.78 is 14.5. The number of thiazole rings is 2. The molecule has 0 spiro atoms. The number of imidazole rings is 1. The van der Waals surface area contributed by atoms with Crippen LogP contribution in [0.1, 0.15) is 46.7 Å². The molecule has 0 bridgehead atoms. The number of rotatable bonds is 8. The Hall–Kier alpha value is -3.91. The van der Waals surface area contributed by atoms with Crippen LogP contribution in [0.3, 0.4) is 0 Å². The molecule has 0 saturated heterocycles. The number of aryl methyl sites for hydroxylation is 1. The fourth-order valence-electron chi connectivity index (χ4n) is 5.13. The maximum absolute atomic E-state index is 12.7. The lowest BCUT2D eigenvalue weighted by molar-refractivity contribution is 0.0867. The van der Waals surface area contributed by atoms with Crippen molar-refractivity contribution < 1.29 is 19.4 Å². The molecular weight excluding hydrogens is 605 g/mol. The highest BCUT2D eigenvalue weighted by atomic mass is 32.1. The molecule has 2 aromatic carbocycles. The maximum atomic E-state index is 12.7. The van der Waals surface area contributed by atoms with Crippen molar-refractivity contribution in [2.24, 2.45) is 0 Å². The zero-order chi connectivity index (χ0) is 29.5. The highest BCUT2D eigenvalue weighted by Gasteiger charge is 2.21. The maximum Gasteiger partial charge on any atom is 0.251 e. The smallest absolute Gasteiger partial charge is 0.251 e. The third-order valence-electron chi connectivity index (χ3n) is 7.38. The van der Waals surface area contributed by atoms with Crippen LogP contribution in [0.4, 0.5) is 0 Å². The molecule has 0 aliphatic heterocycles. The van der Waals surface area contributed by atoms with Gasteiger partial charge in [0.05, 0.1) is 35.3 Å². The van der Waals surface area contributed by atoms with E-state index in [9.17, 15) is 9.90 Å². The van der Waals surface area contributed by atoms with Gasteiger partial charge in [-0.1, -0.05) is 23.5 Å². The Morgan fingerprint density at radius 2 is 1.88 bits per heavy atom. The molecule has 1 amide bonds. The van der Waals surface area contributed by atoms with E-state index in [1.54, 1.807) is 23.0 Å². The van der Waals surface area contributed by atoms with E-state index in [2.05, 4.69) is 10.4 Å². The Morgan fingerprint density at radius 3 is 2.65 bits per heavy atom. The van der Waals surface area contributed by atoms with Crippen LogP contribution in [0, 0.1) is 6.92 Å². The largest absolute Gasteiger partial charge is 0.497 e. The number of hydrogen-bond donors (Lipinski definition) is 2. The lowest BCUT2D eigenvalue weighted by Gasteiger charge is -2.26. The monoisotopic (exact) mass is 632 g/mol. The van der Waals surface area contributed by atoms with E-state index in [-0.39, 0.29) is 24.7 Å². The zero-order valence-electron chi connectivity index (χ0n) is 23.4. The van der Waals surface area contributed by atoms with Crippen molar-refractivity contribution in [3.63, 3.8) is 0 Å². The number of ether oxygens (including phenoxy) is 2. The first-order valence-corrected chi connectivity index (χ1v) is 16.4. The Morgan fingerprint density at radius 1 is 1.07 bits per heavy atom. The molecule has 0 unspecified atom stereocenters. The average molecular weight is 633 g/mol. The Bertz CT molecular complexity index is 1890. The van der Waals surface area contributed by atoms with Gasteiger partial charge in [0.25, 0.3) is 5.91 Å². The molecule has 2 N–H and O–H groups in total. The van der Waals surface area contributed by atoms with Gasteiger partial charge in [0, 0.05) is 34.7 Å². The Kier molecular flexibility index (Phi) is 7.55. The molecule has 7 rings (SSSR count). The zero-order valence-corrected chi connectivity index (χ0v) is 25.9. The Labute approximate surface area is 259 Å². The normalized spacial score (nSPS) is 17.0. The van der Waals surface area contributed by atoms with E-state index in [1.165, 1.54) is 22.7 Å².